The molecule has 0 spiro atoms. The Kier molecular flexibility index (Phi) is 6.47. The fourth-order valence-corrected chi connectivity index (χ4v) is 3.37. The first-order valence-corrected chi connectivity index (χ1v) is 9.51. The molecule has 0 radical (unpaired) electrons. The molecule has 6 heteroatoms. The van der Waals surface area contributed by atoms with Crippen LogP contribution in [0.2, 0.25) is 5.02 Å². The van der Waals surface area contributed by atoms with E-state index in [2.05, 4.69) is 33.4 Å². The Morgan fingerprint density at radius 3 is 2.88 bits per heavy atom. The van der Waals surface area contributed by atoms with Crippen molar-refractivity contribution in [2.24, 2.45) is 7.05 Å². The van der Waals surface area contributed by atoms with Gasteiger partial charge in [0.15, 0.2) is 0 Å². The Morgan fingerprint density at radius 2 is 2.12 bits per heavy atom. The molecular formula is C20H26ClN5. The van der Waals surface area contributed by atoms with Crippen LogP contribution >= 0.6 is 11.6 Å². The summed E-state index contributed by atoms with van der Waals surface area (Å²) in [5.41, 5.74) is 3.30. The number of benzene rings is 1. The molecule has 0 fully saturated rings. The number of nitrogens with one attached hydrogen (secondary N) is 1. The molecule has 3 rings (SSSR count). The molecule has 0 aliphatic carbocycles. The second kappa shape index (κ2) is 9.01. The van der Waals surface area contributed by atoms with Gasteiger partial charge in [0.1, 0.15) is 0 Å². The van der Waals surface area contributed by atoms with E-state index >= 15 is 0 Å². The monoisotopic (exact) mass is 371 g/mol. The van der Waals surface area contributed by atoms with E-state index in [-0.39, 0.29) is 0 Å². The predicted molar refractivity (Wildman–Crippen MR) is 109 cm³/mol. The van der Waals surface area contributed by atoms with Gasteiger partial charge in [-0.25, -0.2) is 0 Å². The summed E-state index contributed by atoms with van der Waals surface area (Å²) in [5.74, 6) is 0. The summed E-state index contributed by atoms with van der Waals surface area (Å²) in [6.45, 7) is 6.27. The molecule has 1 aromatic carbocycles. The Hall–Kier alpha value is -2.11. The third kappa shape index (κ3) is 4.96. The first-order valence-electron chi connectivity index (χ1n) is 9.13. The van der Waals surface area contributed by atoms with Gasteiger partial charge in [0.2, 0.25) is 0 Å². The van der Waals surface area contributed by atoms with Gasteiger partial charge in [-0.05, 0) is 43.7 Å². The summed E-state index contributed by atoms with van der Waals surface area (Å²) < 4.78 is 1.86. The van der Waals surface area contributed by atoms with Crippen LogP contribution in [0, 0.1) is 0 Å². The summed E-state index contributed by atoms with van der Waals surface area (Å²) in [4.78, 5) is 6.88. The minimum atomic E-state index is 0.716. The fraction of sp³-hybridized carbons (Fsp3) is 0.400. The number of hydrogen-bond acceptors (Lipinski definition) is 4. The Bertz CT molecular complexity index is 845. The molecular weight excluding hydrogens is 346 g/mol. The largest absolute Gasteiger partial charge is 0.384 e. The number of rotatable bonds is 9. The number of anilines is 1. The van der Waals surface area contributed by atoms with Gasteiger partial charge in [-0.2, -0.15) is 5.10 Å². The maximum absolute atomic E-state index is 6.06. The minimum Gasteiger partial charge on any atom is -0.384 e. The highest BCUT2D eigenvalue weighted by atomic mass is 35.5. The number of aromatic nitrogens is 3. The molecule has 0 saturated heterocycles. The van der Waals surface area contributed by atoms with Gasteiger partial charge in [-0.15, -0.1) is 0 Å². The maximum Gasteiger partial charge on any atom is 0.0737 e. The molecule has 0 unspecified atom stereocenters. The van der Waals surface area contributed by atoms with Crippen LogP contribution in [-0.4, -0.2) is 39.3 Å². The van der Waals surface area contributed by atoms with Gasteiger partial charge in [0.05, 0.1) is 11.7 Å². The highest BCUT2D eigenvalue weighted by molar-refractivity contribution is 6.31. The molecule has 0 saturated carbocycles. The van der Waals surface area contributed by atoms with Crippen molar-refractivity contribution in [3.63, 3.8) is 0 Å². The molecule has 0 amide bonds. The van der Waals surface area contributed by atoms with Crippen LogP contribution < -0.4 is 5.32 Å². The van der Waals surface area contributed by atoms with E-state index in [1.54, 1.807) is 0 Å². The van der Waals surface area contributed by atoms with Crippen LogP contribution in [0.5, 0.6) is 0 Å². The zero-order valence-electron chi connectivity index (χ0n) is 15.5. The van der Waals surface area contributed by atoms with Crippen LogP contribution in [-0.2, 0) is 13.6 Å². The Labute approximate surface area is 160 Å². The quantitative estimate of drug-likeness (QED) is 0.568. The molecule has 0 bridgehead atoms. The minimum absolute atomic E-state index is 0.716. The van der Waals surface area contributed by atoms with E-state index in [9.17, 15) is 0 Å². The lowest BCUT2D eigenvalue weighted by atomic mass is 10.2. The Balaban J connectivity index is 1.53. The van der Waals surface area contributed by atoms with E-state index in [1.807, 2.05) is 48.4 Å². The van der Waals surface area contributed by atoms with E-state index in [0.29, 0.717) is 5.02 Å². The van der Waals surface area contributed by atoms with Gasteiger partial charge in [0, 0.05) is 60.7 Å². The number of aryl methyl sites for hydroxylation is 1. The zero-order valence-corrected chi connectivity index (χ0v) is 16.2. The second-order valence-electron chi connectivity index (χ2n) is 6.60. The lowest BCUT2D eigenvalue weighted by Crippen LogP contribution is -2.26. The first kappa shape index (κ1) is 18.7. The molecule has 2 aromatic heterocycles. The van der Waals surface area contributed by atoms with E-state index < -0.39 is 0 Å². The lowest BCUT2D eigenvalue weighted by Gasteiger charge is -2.21. The van der Waals surface area contributed by atoms with Crippen molar-refractivity contribution in [1.82, 2.24) is 19.7 Å². The number of nitrogens with zero attached hydrogens (tertiary/aromatic N) is 4. The molecule has 0 aliphatic heterocycles. The normalized spacial score (nSPS) is 11.4. The number of pyridine rings is 1. The van der Waals surface area contributed by atoms with Crippen molar-refractivity contribution < 1.29 is 0 Å². The predicted octanol–water partition coefficient (Wildman–Crippen LogP) is 4.34. The van der Waals surface area contributed by atoms with Gasteiger partial charge >= 0.3 is 0 Å². The SMILES string of the molecule is CCCN(CCCNc1ccnc2cc(Cl)ccc12)Cc1cnn(C)c1. The first-order chi connectivity index (χ1) is 12.7. The number of hydrogen-bond donors (Lipinski definition) is 1. The average molecular weight is 372 g/mol. The summed E-state index contributed by atoms with van der Waals surface area (Å²) in [5, 5.41) is 9.63. The third-order valence-electron chi connectivity index (χ3n) is 4.38. The van der Waals surface area contributed by atoms with E-state index in [1.165, 1.54) is 5.56 Å². The molecule has 0 aliphatic rings. The van der Waals surface area contributed by atoms with Crippen LogP contribution in [0.25, 0.3) is 10.9 Å². The molecule has 2 heterocycles. The maximum atomic E-state index is 6.06. The molecule has 138 valence electrons. The molecule has 26 heavy (non-hydrogen) atoms. The van der Waals surface area contributed by atoms with Gasteiger partial charge < -0.3 is 5.32 Å². The van der Waals surface area contributed by atoms with Crippen LogP contribution in [0.1, 0.15) is 25.3 Å². The topological polar surface area (TPSA) is 46.0 Å². The Morgan fingerprint density at radius 1 is 1.23 bits per heavy atom. The van der Waals surface area contributed by atoms with Gasteiger partial charge in [0.25, 0.3) is 0 Å². The van der Waals surface area contributed by atoms with E-state index in [4.69, 9.17) is 11.6 Å². The average Bonchev–Trinajstić information content (AvgIpc) is 3.03. The van der Waals surface area contributed by atoms with Crippen molar-refractivity contribution >= 4 is 28.2 Å². The highest BCUT2D eigenvalue weighted by Gasteiger charge is 2.07. The van der Waals surface area contributed by atoms with Crippen molar-refractivity contribution in [2.45, 2.75) is 26.3 Å². The molecule has 3 aromatic rings. The number of fused-ring (bicyclic) bond motifs is 1. The van der Waals surface area contributed by atoms with Gasteiger partial charge in [-0.1, -0.05) is 18.5 Å². The van der Waals surface area contributed by atoms with Crippen molar-refractivity contribution in [3.8, 4) is 0 Å². The summed E-state index contributed by atoms with van der Waals surface area (Å²) in [7, 11) is 1.96. The molecule has 5 nitrogen and oxygen atoms in total. The summed E-state index contributed by atoms with van der Waals surface area (Å²) in [6, 6.07) is 7.86. The highest BCUT2D eigenvalue weighted by Crippen LogP contribution is 2.24. The van der Waals surface area contributed by atoms with Crippen LogP contribution in [0.15, 0.2) is 42.9 Å². The van der Waals surface area contributed by atoms with Crippen molar-refractivity contribution in [2.75, 3.05) is 25.0 Å². The lowest BCUT2D eigenvalue weighted by molar-refractivity contribution is 0.265. The number of halogens is 1. The zero-order chi connectivity index (χ0) is 18.4. The van der Waals surface area contributed by atoms with Crippen LogP contribution in [0.4, 0.5) is 5.69 Å². The fourth-order valence-electron chi connectivity index (χ4n) is 3.20. The standard InChI is InChI=1S/C20H26ClN5/c1-3-10-26(15-16-13-24-25(2)14-16)11-4-8-22-19-7-9-23-20-12-17(21)5-6-18(19)20/h5-7,9,12-14H,3-4,8,10-11,15H2,1-2H3,(H,22,23). The van der Waals surface area contributed by atoms with Crippen molar-refractivity contribution in [1.29, 1.82) is 0 Å². The summed E-state index contributed by atoms with van der Waals surface area (Å²) in [6.07, 6.45) is 8.11. The molecule has 0 atom stereocenters. The second-order valence-corrected chi connectivity index (χ2v) is 7.04. The third-order valence-corrected chi connectivity index (χ3v) is 4.61. The van der Waals surface area contributed by atoms with E-state index in [0.717, 1.165) is 55.6 Å². The van der Waals surface area contributed by atoms with Crippen LogP contribution in [0.3, 0.4) is 0 Å². The van der Waals surface area contributed by atoms with Crippen molar-refractivity contribution in [3.05, 3.63) is 53.4 Å². The van der Waals surface area contributed by atoms with Gasteiger partial charge in [-0.3, -0.25) is 14.6 Å². The smallest absolute Gasteiger partial charge is 0.0737 e. The summed E-state index contributed by atoms with van der Waals surface area (Å²) >= 11 is 6.06. The molecule has 1 N–H and O–H groups in total.